The van der Waals surface area contributed by atoms with E-state index in [2.05, 4.69) is 75.4 Å². The lowest BCUT2D eigenvalue weighted by Crippen LogP contribution is -2.52. The van der Waals surface area contributed by atoms with Crippen LogP contribution in [0.5, 0.6) is 0 Å². The maximum Gasteiger partial charge on any atom is 0.236 e. The van der Waals surface area contributed by atoms with Gasteiger partial charge in [-0.1, -0.05) is 60.7 Å². The van der Waals surface area contributed by atoms with E-state index in [1.165, 1.54) is 11.1 Å². The molecule has 3 saturated heterocycles. The van der Waals surface area contributed by atoms with Gasteiger partial charge >= 0.3 is 0 Å². The summed E-state index contributed by atoms with van der Waals surface area (Å²) in [4.78, 5) is 19.9. The van der Waals surface area contributed by atoms with Crippen molar-refractivity contribution < 1.29 is 14.3 Å². The first-order valence-electron chi connectivity index (χ1n) is 12.4. The molecule has 3 heterocycles. The van der Waals surface area contributed by atoms with Crippen molar-refractivity contribution in [3.05, 3.63) is 71.8 Å². The Morgan fingerprint density at radius 1 is 0.788 bits per heavy atom. The van der Waals surface area contributed by atoms with Gasteiger partial charge in [0, 0.05) is 32.1 Å². The Morgan fingerprint density at radius 3 is 1.88 bits per heavy atom. The molecular weight excluding hydrogens is 414 g/mol. The SMILES string of the molecule is O=C(CN1CCC(C2OCCO2)CC1)N1CCN(C(c2ccccc2)c2ccccc2)CC1. The number of hydrogen-bond donors (Lipinski definition) is 0. The van der Waals surface area contributed by atoms with E-state index in [0.29, 0.717) is 25.7 Å². The van der Waals surface area contributed by atoms with Crippen LogP contribution in [0.1, 0.15) is 30.0 Å². The van der Waals surface area contributed by atoms with E-state index >= 15 is 0 Å². The van der Waals surface area contributed by atoms with Crippen LogP contribution < -0.4 is 0 Å². The van der Waals surface area contributed by atoms with E-state index in [-0.39, 0.29) is 18.2 Å². The molecule has 33 heavy (non-hydrogen) atoms. The molecule has 0 radical (unpaired) electrons. The van der Waals surface area contributed by atoms with E-state index in [1.54, 1.807) is 0 Å². The lowest BCUT2D eigenvalue weighted by molar-refractivity contribution is -0.135. The minimum Gasteiger partial charge on any atom is -0.350 e. The number of ether oxygens (including phenoxy) is 2. The molecule has 176 valence electrons. The molecule has 0 aliphatic carbocycles. The Labute approximate surface area is 197 Å². The highest BCUT2D eigenvalue weighted by Crippen LogP contribution is 2.30. The summed E-state index contributed by atoms with van der Waals surface area (Å²) >= 11 is 0. The first kappa shape index (κ1) is 22.5. The van der Waals surface area contributed by atoms with Gasteiger partial charge < -0.3 is 14.4 Å². The second-order valence-electron chi connectivity index (χ2n) is 9.36. The zero-order chi connectivity index (χ0) is 22.5. The Morgan fingerprint density at radius 2 is 1.33 bits per heavy atom. The van der Waals surface area contributed by atoms with Crippen LogP contribution in [0.4, 0.5) is 0 Å². The van der Waals surface area contributed by atoms with Crippen molar-refractivity contribution in [2.45, 2.75) is 25.2 Å². The number of carbonyl (C=O) groups excluding carboxylic acids is 1. The Hall–Kier alpha value is -2.25. The Kier molecular flexibility index (Phi) is 7.37. The van der Waals surface area contributed by atoms with Crippen molar-refractivity contribution in [1.29, 1.82) is 0 Å². The fraction of sp³-hybridized carbons (Fsp3) is 0.519. The van der Waals surface area contributed by atoms with Gasteiger partial charge in [0.1, 0.15) is 0 Å². The highest BCUT2D eigenvalue weighted by molar-refractivity contribution is 5.78. The van der Waals surface area contributed by atoms with Crippen molar-refractivity contribution >= 4 is 5.91 Å². The summed E-state index contributed by atoms with van der Waals surface area (Å²) in [6.45, 7) is 7.20. The maximum atomic E-state index is 13.0. The number of nitrogens with zero attached hydrogens (tertiary/aromatic N) is 3. The van der Waals surface area contributed by atoms with Crippen LogP contribution in [0.3, 0.4) is 0 Å². The quantitative estimate of drug-likeness (QED) is 0.679. The first-order valence-corrected chi connectivity index (χ1v) is 12.4. The normalized spacial score (nSPS) is 21.7. The number of amides is 1. The number of likely N-dealkylation sites (tertiary alicyclic amines) is 1. The number of carbonyl (C=O) groups is 1. The average molecular weight is 450 g/mol. The molecule has 5 rings (SSSR count). The van der Waals surface area contributed by atoms with Crippen molar-refractivity contribution in [2.75, 3.05) is 59.0 Å². The van der Waals surface area contributed by atoms with Crippen LogP contribution in [0.25, 0.3) is 0 Å². The highest BCUT2D eigenvalue weighted by Gasteiger charge is 2.32. The van der Waals surface area contributed by atoms with Gasteiger partial charge in [-0.25, -0.2) is 0 Å². The van der Waals surface area contributed by atoms with Crippen molar-refractivity contribution in [2.24, 2.45) is 5.92 Å². The van der Waals surface area contributed by atoms with Crippen LogP contribution in [0, 0.1) is 5.92 Å². The summed E-state index contributed by atoms with van der Waals surface area (Å²) in [5, 5.41) is 0. The largest absolute Gasteiger partial charge is 0.350 e. The standard InChI is InChI=1S/C27H35N3O3/c31-25(21-28-13-11-24(12-14-28)27-32-19-20-33-27)29-15-17-30(18-16-29)26(22-7-3-1-4-8-22)23-9-5-2-6-10-23/h1-10,24,26-27H,11-21H2. The Balaban J connectivity index is 1.14. The van der Waals surface area contributed by atoms with Gasteiger partial charge in [-0.15, -0.1) is 0 Å². The molecule has 0 N–H and O–H groups in total. The molecule has 6 nitrogen and oxygen atoms in total. The van der Waals surface area contributed by atoms with Crippen molar-refractivity contribution in [3.63, 3.8) is 0 Å². The third-order valence-electron chi connectivity index (χ3n) is 7.29. The molecule has 2 aromatic rings. The summed E-state index contributed by atoms with van der Waals surface area (Å²) in [6.07, 6.45) is 2.06. The zero-order valence-electron chi connectivity index (χ0n) is 19.4. The van der Waals surface area contributed by atoms with Crippen LogP contribution in [-0.4, -0.2) is 85.9 Å². The minimum atomic E-state index is -0.0295. The van der Waals surface area contributed by atoms with E-state index in [1.807, 2.05) is 0 Å². The first-order chi connectivity index (χ1) is 16.3. The van der Waals surface area contributed by atoms with E-state index in [0.717, 1.165) is 52.1 Å². The number of hydrogen-bond acceptors (Lipinski definition) is 5. The van der Waals surface area contributed by atoms with Gasteiger partial charge in [0.05, 0.1) is 25.8 Å². The van der Waals surface area contributed by atoms with Gasteiger partial charge in [0.25, 0.3) is 0 Å². The lowest BCUT2D eigenvalue weighted by atomic mass is 9.96. The van der Waals surface area contributed by atoms with Gasteiger partial charge in [-0.2, -0.15) is 0 Å². The second kappa shape index (κ2) is 10.8. The van der Waals surface area contributed by atoms with E-state index in [4.69, 9.17) is 9.47 Å². The summed E-state index contributed by atoms with van der Waals surface area (Å²) in [5.74, 6) is 0.729. The topological polar surface area (TPSA) is 45.3 Å². The van der Waals surface area contributed by atoms with Crippen molar-refractivity contribution in [1.82, 2.24) is 14.7 Å². The number of benzene rings is 2. The molecule has 2 aromatic carbocycles. The smallest absolute Gasteiger partial charge is 0.236 e. The third kappa shape index (κ3) is 5.46. The van der Waals surface area contributed by atoms with Crippen molar-refractivity contribution in [3.8, 4) is 0 Å². The number of rotatable bonds is 6. The molecule has 6 heteroatoms. The molecular formula is C27H35N3O3. The lowest BCUT2D eigenvalue weighted by Gasteiger charge is -2.41. The fourth-order valence-electron chi connectivity index (χ4n) is 5.44. The molecule has 1 amide bonds. The van der Waals surface area contributed by atoms with Crippen LogP contribution >= 0.6 is 0 Å². The monoisotopic (exact) mass is 449 g/mol. The van der Waals surface area contributed by atoms with Crippen LogP contribution in [0.2, 0.25) is 0 Å². The van der Waals surface area contributed by atoms with Crippen LogP contribution in [0.15, 0.2) is 60.7 Å². The van der Waals surface area contributed by atoms with Gasteiger partial charge in [-0.05, 0) is 37.1 Å². The molecule has 3 fully saturated rings. The maximum absolute atomic E-state index is 13.0. The molecule has 0 saturated carbocycles. The second-order valence-corrected chi connectivity index (χ2v) is 9.36. The molecule has 0 aromatic heterocycles. The molecule has 0 atom stereocenters. The molecule has 0 bridgehead atoms. The third-order valence-corrected chi connectivity index (χ3v) is 7.29. The molecule has 0 spiro atoms. The van der Waals surface area contributed by atoms with Gasteiger partial charge in [0.2, 0.25) is 5.91 Å². The summed E-state index contributed by atoms with van der Waals surface area (Å²) < 4.78 is 11.4. The zero-order valence-corrected chi connectivity index (χ0v) is 19.4. The predicted molar refractivity (Wildman–Crippen MR) is 128 cm³/mol. The summed E-state index contributed by atoms with van der Waals surface area (Å²) in [7, 11) is 0. The average Bonchev–Trinajstić information content (AvgIpc) is 3.42. The van der Waals surface area contributed by atoms with Gasteiger partial charge in [0.15, 0.2) is 6.29 Å². The predicted octanol–water partition coefficient (Wildman–Crippen LogP) is 3.01. The fourth-order valence-corrected chi connectivity index (χ4v) is 5.44. The highest BCUT2D eigenvalue weighted by atomic mass is 16.7. The van der Waals surface area contributed by atoms with E-state index < -0.39 is 0 Å². The van der Waals surface area contributed by atoms with Gasteiger partial charge in [-0.3, -0.25) is 14.6 Å². The Bertz CT molecular complexity index is 832. The summed E-state index contributed by atoms with van der Waals surface area (Å²) in [6, 6.07) is 21.6. The molecule has 0 unspecified atom stereocenters. The van der Waals surface area contributed by atoms with E-state index in [9.17, 15) is 4.79 Å². The number of piperidine rings is 1. The minimum absolute atomic E-state index is 0.0295. The number of piperazine rings is 1. The summed E-state index contributed by atoms with van der Waals surface area (Å²) in [5.41, 5.74) is 2.61. The van der Waals surface area contributed by atoms with Crippen LogP contribution in [-0.2, 0) is 14.3 Å². The molecule has 3 aliphatic heterocycles. The molecule has 3 aliphatic rings.